The van der Waals surface area contributed by atoms with Crippen LogP contribution in [-0.4, -0.2) is 79.0 Å². The summed E-state index contributed by atoms with van der Waals surface area (Å²) in [6.45, 7) is 8.04. The van der Waals surface area contributed by atoms with Crippen molar-refractivity contribution in [1.29, 1.82) is 0 Å². The van der Waals surface area contributed by atoms with Crippen molar-refractivity contribution in [3.63, 3.8) is 0 Å². The predicted molar refractivity (Wildman–Crippen MR) is 89.2 cm³/mol. The van der Waals surface area contributed by atoms with Crippen LogP contribution in [0.4, 0.5) is 5.82 Å². The summed E-state index contributed by atoms with van der Waals surface area (Å²) in [6, 6.07) is 0. The van der Waals surface area contributed by atoms with Crippen LogP contribution in [0.5, 0.6) is 0 Å². The fourth-order valence-corrected chi connectivity index (χ4v) is 2.72. The zero-order valence-electron chi connectivity index (χ0n) is 12.6. The van der Waals surface area contributed by atoms with Gasteiger partial charge in [-0.3, -0.25) is 9.88 Å². The van der Waals surface area contributed by atoms with Crippen LogP contribution in [0.2, 0.25) is 0 Å². The molecule has 2 aliphatic heterocycles. The third kappa shape index (κ3) is 4.10. The SMILES string of the molecule is S=C(NCN1CCNCC1)c1cncc(N2CCOCC2)n1. The molecule has 22 heavy (non-hydrogen) atoms. The Balaban J connectivity index is 1.57. The van der Waals surface area contributed by atoms with Gasteiger partial charge in [0.25, 0.3) is 0 Å². The lowest BCUT2D eigenvalue weighted by Crippen LogP contribution is -2.48. The first-order chi connectivity index (χ1) is 10.8. The van der Waals surface area contributed by atoms with Crippen molar-refractivity contribution in [3.8, 4) is 0 Å². The molecule has 1 aromatic rings. The zero-order chi connectivity index (χ0) is 15.2. The summed E-state index contributed by atoms with van der Waals surface area (Å²) in [4.78, 5) is 14.1. The first-order valence-corrected chi connectivity index (χ1v) is 8.10. The molecule has 2 saturated heterocycles. The fraction of sp³-hybridized carbons (Fsp3) is 0.643. The van der Waals surface area contributed by atoms with E-state index in [1.165, 1.54) is 0 Å². The molecule has 0 saturated carbocycles. The number of hydrogen-bond acceptors (Lipinski definition) is 7. The van der Waals surface area contributed by atoms with Crippen LogP contribution < -0.4 is 15.5 Å². The number of nitrogens with one attached hydrogen (secondary N) is 2. The van der Waals surface area contributed by atoms with Crippen molar-refractivity contribution in [2.75, 3.05) is 64.1 Å². The van der Waals surface area contributed by atoms with E-state index in [2.05, 4.69) is 30.4 Å². The van der Waals surface area contributed by atoms with E-state index >= 15 is 0 Å². The lowest BCUT2D eigenvalue weighted by molar-refractivity contribution is 0.122. The highest BCUT2D eigenvalue weighted by Gasteiger charge is 2.15. The minimum Gasteiger partial charge on any atom is -0.378 e. The van der Waals surface area contributed by atoms with E-state index in [0.717, 1.165) is 70.7 Å². The van der Waals surface area contributed by atoms with Crippen LogP contribution in [-0.2, 0) is 4.74 Å². The van der Waals surface area contributed by atoms with Gasteiger partial charge < -0.3 is 20.3 Å². The highest BCUT2D eigenvalue weighted by Crippen LogP contribution is 2.11. The quantitative estimate of drug-likeness (QED) is 0.716. The molecule has 0 atom stereocenters. The van der Waals surface area contributed by atoms with Gasteiger partial charge in [0.15, 0.2) is 0 Å². The second-order valence-electron chi connectivity index (χ2n) is 5.39. The van der Waals surface area contributed by atoms with Crippen LogP contribution in [0.3, 0.4) is 0 Å². The van der Waals surface area contributed by atoms with Crippen molar-refractivity contribution in [1.82, 2.24) is 25.5 Å². The molecule has 0 bridgehead atoms. The zero-order valence-corrected chi connectivity index (χ0v) is 13.4. The molecule has 0 radical (unpaired) electrons. The minimum atomic E-state index is 0.654. The molecule has 3 rings (SSSR count). The maximum atomic E-state index is 5.45. The van der Waals surface area contributed by atoms with Crippen LogP contribution in [0.1, 0.15) is 5.69 Å². The summed E-state index contributed by atoms with van der Waals surface area (Å²) in [5.41, 5.74) is 0.731. The number of thiocarbonyl (C=S) groups is 1. The minimum absolute atomic E-state index is 0.654. The van der Waals surface area contributed by atoms with E-state index < -0.39 is 0 Å². The predicted octanol–water partition coefficient (Wildman–Crippen LogP) is -0.559. The summed E-state index contributed by atoms with van der Waals surface area (Å²) in [7, 11) is 0. The monoisotopic (exact) mass is 322 g/mol. The van der Waals surface area contributed by atoms with Crippen molar-refractivity contribution < 1.29 is 4.74 Å². The molecule has 2 fully saturated rings. The number of piperazine rings is 1. The first-order valence-electron chi connectivity index (χ1n) is 7.69. The molecule has 0 amide bonds. The number of hydrogen-bond donors (Lipinski definition) is 2. The van der Waals surface area contributed by atoms with E-state index in [9.17, 15) is 0 Å². The molecule has 120 valence electrons. The topological polar surface area (TPSA) is 65.5 Å². The second-order valence-corrected chi connectivity index (χ2v) is 5.80. The largest absolute Gasteiger partial charge is 0.378 e. The van der Waals surface area contributed by atoms with E-state index in [1.54, 1.807) is 12.4 Å². The molecule has 2 N–H and O–H groups in total. The van der Waals surface area contributed by atoms with Gasteiger partial charge in [0, 0.05) is 39.3 Å². The summed E-state index contributed by atoms with van der Waals surface area (Å²) >= 11 is 5.45. The highest BCUT2D eigenvalue weighted by molar-refractivity contribution is 7.80. The van der Waals surface area contributed by atoms with Gasteiger partial charge in [0.1, 0.15) is 16.5 Å². The Kier molecular flexibility index (Phi) is 5.49. The fourth-order valence-electron chi connectivity index (χ4n) is 2.55. The first kappa shape index (κ1) is 15.5. The van der Waals surface area contributed by atoms with Gasteiger partial charge in [0.05, 0.1) is 32.3 Å². The molecule has 0 spiro atoms. The van der Waals surface area contributed by atoms with Gasteiger partial charge in [-0.25, -0.2) is 4.98 Å². The Morgan fingerprint density at radius 3 is 2.77 bits per heavy atom. The molecule has 7 nitrogen and oxygen atoms in total. The van der Waals surface area contributed by atoms with Gasteiger partial charge in [-0.2, -0.15) is 0 Å². The number of ether oxygens (including phenoxy) is 1. The molecule has 1 aromatic heterocycles. The van der Waals surface area contributed by atoms with Crippen LogP contribution in [0.15, 0.2) is 12.4 Å². The van der Waals surface area contributed by atoms with Gasteiger partial charge >= 0.3 is 0 Å². The molecule has 2 aliphatic rings. The van der Waals surface area contributed by atoms with E-state index in [0.29, 0.717) is 4.99 Å². The Morgan fingerprint density at radius 2 is 2.00 bits per heavy atom. The number of morpholine rings is 1. The van der Waals surface area contributed by atoms with Crippen LogP contribution >= 0.6 is 12.2 Å². The summed E-state index contributed by atoms with van der Waals surface area (Å²) < 4.78 is 5.37. The van der Waals surface area contributed by atoms with Gasteiger partial charge in [-0.05, 0) is 0 Å². The van der Waals surface area contributed by atoms with E-state index in [-0.39, 0.29) is 0 Å². The standard InChI is InChI=1S/C14H22N6OS/c22-14(17-11-19-3-1-15-2-4-19)12-9-16-10-13(18-12)20-5-7-21-8-6-20/h9-10,15H,1-8,11H2,(H,17,22). The molecule has 3 heterocycles. The van der Waals surface area contributed by atoms with Crippen molar-refractivity contribution in [2.45, 2.75) is 0 Å². The number of anilines is 1. The normalized spacial score (nSPS) is 19.9. The Bertz CT molecular complexity index is 502. The molecule has 0 unspecified atom stereocenters. The highest BCUT2D eigenvalue weighted by atomic mass is 32.1. The molecular weight excluding hydrogens is 300 g/mol. The lowest BCUT2D eigenvalue weighted by atomic mass is 10.4. The van der Waals surface area contributed by atoms with Gasteiger partial charge in [0.2, 0.25) is 0 Å². The number of aromatic nitrogens is 2. The maximum absolute atomic E-state index is 5.45. The molecule has 8 heteroatoms. The number of rotatable bonds is 4. The second kappa shape index (κ2) is 7.77. The maximum Gasteiger partial charge on any atom is 0.148 e. The average molecular weight is 322 g/mol. The lowest BCUT2D eigenvalue weighted by Gasteiger charge is -2.28. The average Bonchev–Trinajstić information content (AvgIpc) is 2.61. The van der Waals surface area contributed by atoms with Gasteiger partial charge in [-0.1, -0.05) is 12.2 Å². The van der Waals surface area contributed by atoms with E-state index in [4.69, 9.17) is 17.0 Å². The summed E-state index contributed by atoms with van der Waals surface area (Å²) in [5, 5.41) is 6.62. The third-order valence-electron chi connectivity index (χ3n) is 3.86. The van der Waals surface area contributed by atoms with Gasteiger partial charge in [-0.15, -0.1) is 0 Å². The van der Waals surface area contributed by atoms with Crippen molar-refractivity contribution >= 4 is 23.0 Å². The smallest absolute Gasteiger partial charge is 0.148 e. The summed E-state index contributed by atoms with van der Waals surface area (Å²) in [6.07, 6.45) is 3.50. The third-order valence-corrected chi connectivity index (χ3v) is 4.22. The molecular formula is C14H22N6OS. The number of nitrogens with zero attached hydrogens (tertiary/aromatic N) is 4. The van der Waals surface area contributed by atoms with Crippen LogP contribution in [0.25, 0.3) is 0 Å². The van der Waals surface area contributed by atoms with Crippen LogP contribution in [0, 0.1) is 0 Å². The van der Waals surface area contributed by atoms with Crippen molar-refractivity contribution in [2.24, 2.45) is 0 Å². The Labute approximate surface area is 136 Å². The summed E-state index contributed by atoms with van der Waals surface area (Å²) in [5.74, 6) is 0.868. The molecule has 0 aromatic carbocycles. The van der Waals surface area contributed by atoms with Crippen molar-refractivity contribution in [3.05, 3.63) is 18.1 Å². The Morgan fingerprint density at radius 1 is 1.23 bits per heavy atom. The molecule has 0 aliphatic carbocycles. The Hall–Kier alpha value is -1.35. The van der Waals surface area contributed by atoms with E-state index in [1.807, 2.05) is 0 Å².